The second-order valence-electron chi connectivity index (χ2n) is 6.85. The van der Waals surface area contributed by atoms with Crippen molar-refractivity contribution in [3.63, 3.8) is 0 Å². The van der Waals surface area contributed by atoms with Crippen LogP contribution in [0, 0.1) is 17.8 Å². The van der Waals surface area contributed by atoms with Gasteiger partial charge in [-0.25, -0.2) is 4.39 Å². The summed E-state index contributed by atoms with van der Waals surface area (Å²) < 4.78 is 14.1. The number of hydrogen-bond acceptors (Lipinski definition) is 5. The molecule has 4 N–H and O–H groups in total. The first-order chi connectivity index (χ1) is 10.6. The van der Waals surface area contributed by atoms with Gasteiger partial charge in [-0.15, -0.1) is 0 Å². The molecule has 1 saturated heterocycles. The van der Waals surface area contributed by atoms with Gasteiger partial charge in [0.2, 0.25) is 0 Å². The first kappa shape index (κ1) is 16.1. The number of halogens is 1. The summed E-state index contributed by atoms with van der Waals surface area (Å²) >= 11 is 0. The van der Waals surface area contributed by atoms with Crippen molar-refractivity contribution in [2.75, 3.05) is 0 Å². The number of aliphatic hydroxyl groups excluding tert-OH is 1. The molecule has 0 aromatic heterocycles. The maximum Gasteiger partial charge on any atom is 0.306 e. The second kappa shape index (κ2) is 6.78. The van der Waals surface area contributed by atoms with Crippen molar-refractivity contribution in [1.82, 2.24) is 10.8 Å². The van der Waals surface area contributed by atoms with Crippen LogP contribution < -0.4 is 10.8 Å². The molecule has 6 nitrogen and oxygen atoms in total. The van der Waals surface area contributed by atoms with E-state index in [4.69, 9.17) is 9.94 Å². The number of alkyl halides is 1. The van der Waals surface area contributed by atoms with Gasteiger partial charge in [0.25, 0.3) is 0 Å². The van der Waals surface area contributed by atoms with Crippen LogP contribution in [0.3, 0.4) is 0 Å². The minimum Gasteiger partial charge on any atom is -0.481 e. The molecule has 7 heteroatoms. The van der Waals surface area contributed by atoms with Crippen molar-refractivity contribution in [2.45, 2.75) is 69.6 Å². The molecule has 0 bridgehead atoms. The van der Waals surface area contributed by atoms with Crippen LogP contribution in [0.4, 0.5) is 4.39 Å². The molecule has 0 aromatic rings. The van der Waals surface area contributed by atoms with Crippen LogP contribution in [0.1, 0.15) is 44.9 Å². The number of rotatable bonds is 3. The summed E-state index contributed by atoms with van der Waals surface area (Å²) in [7, 11) is 0. The highest BCUT2D eigenvalue weighted by molar-refractivity contribution is 5.70. The summed E-state index contributed by atoms with van der Waals surface area (Å²) in [6.07, 6.45) is 2.39. The van der Waals surface area contributed by atoms with Gasteiger partial charge in [0, 0.05) is 0 Å². The molecule has 2 saturated carbocycles. The topological polar surface area (TPSA) is 90.8 Å². The van der Waals surface area contributed by atoms with Gasteiger partial charge in [-0.3, -0.25) is 14.9 Å². The number of hydroxylamine groups is 1. The predicted octanol–water partition coefficient (Wildman–Crippen LogP) is 1.15. The number of carbonyl (C=O) groups is 1. The molecule has 3 rings (SSSR count). The van der Waals surface area contributed by atoms with E-state index in [1.807, 2.05) is 0 Å². The molecule has 2 aliphatic carbocycles. The molecule has 0 spiro atoms. The fraction of sp³-hybridized carbons (Fsp3) is 0.933. The van der Waals surface area contributed by atoms with E-state index in [1.165, 1.54) is 0 Å². The number of carboxylic acid groups (broad SMARTS) is 1. The first-order valence-corrected chi connectivity index (χ1v) is 8.28. The molecule has 0 aromatic carbocycles. The van der Waals surface area contributed by atoms with Crippen molar-refractivity contribution in [2.24, 2.45) is 17.8 Å². The average Bonchev–Trinajstić information content (AvgIpc) is 2.97. The fourth-order valence-corrected chi connectivity index (χ4v) is 4.11. The van der Waals surface area contributed by atoms with E-state index in [9.17, 15) is 14.3 Å². The molecule has 126 valence electrons. The molecule has 0 amide bonds. The molecule has 22 heavy (non-hydrogen) atoms. The van der Waals surface area contributed by atoms with E-state index in [1.54, 1.807) is 0 Å². The zero-order valence-electron chi connectivity index (χ0n) is 12.6. The van der Waals surface area contributed by atoms with Gasteiger partial charge in [0.05, 0.1) is 24.1 Å². The van der Waals surface area contributed by atoms with Crippen LogP contribution in [0.2, 0.25) is 0 Å². The van der Waals surface area contributed by atoms with Crippen molar-refractivity contribution in [3.8, 4) is 0 Å². The summed E-state index contributed by atoms with van der Waals surface area (Å²) in [5, 5.41) is 22.4. The van der Waals surface area contributed by atoms with Crippen LogP contribution in [-0.2, 0) is 9.63 Å². The van der Waals surface area contributed by atoms with Crippen LogP contribution in [0.5, 0.6) is 0 Å². The van der Waals surface area contributed by atoms with Crippen LogP contribution >= 0.6 is 0 Å². The third-order valence-electron chi connectivity index (χ3n) is 5.39. The zero-order valence-corrected chi connectivity index (χ0v) is 12.6. The van der Waals surface area contributed by atoms with Gasteiger partial charge < -0.3 is 10.2 Å². The van der Waals surface area contributed by atoms with Crippen molar-refractivity contribution in [1.29, 1.82) is 0 Å². The smallest absolute Gasteiger partial charge is 0.306 e. The van der Waals surface area contributed by atoms with Gasteiger partial charge in [0.15, 0.2) is 0 Å². The fourth-order valence-electron chi connectivity index (χ4n) is 4.11. The lowest BCUT2D eigenvalue weighted by Crippen LogP contribution is -2.49. The Balaban J connectivity index is 1.58. The molecule has 1 heterocycles. The Hall–Kier alpha value is -0.760. The quantitative estimate of drug-likeness (QED) is 0.624. The van der Waals surface area contributed by atoms with E-state index in [0.717, 1.165) is 19.3 Å². The van der Waals surface area contributed by atoms with Crippen LogP contribution in [0.25, 0.3) is 0 Å². The Kier molecular flexibility index (Phi) is 4.97. The largest absolute Gasteiger partial charge is 0.481 e. The lowest BCUT2D eigenvalue weighted by atomic mass is 9.79. The number of aliphatic hydroxyl groups is 1. The van der Waals surface area contributed by atoms with Gasteiger partial charge in [-0.05, 0) is 44.4 Å². The Morgan fingerprint density at radius 2 is 1.95 bits per heavy atom. The van der Waals surface area contributed by atoms with E-state index in [0.29, 0.717) is 25.7 Å². The third-order valence-corrected chi connectivity index (χ3v) is 5.39. The van der Waals surface area contributed by atoms with Gasteiger partial charge in [-0.2, -0.15) is 5.48 Å². The number of aliphatic carboxylic acids is 1. The summed E-state index contributed by atoms with van der Waals surface area (Å²) in [5.74, 6) is -1.47. The van der Waals surface area contributed by atoms with Crippen LogP contribution in [0.15, 0.2) is 0 Å². The van der Waals surface area contributed by atoms with Crippen LogP contribution in [-0.4, -0.2) is 40.9 Å². The number of hydrogen-bond donors (Lipinski definition) is 4. The molecule has 1 aliphatic heterocycles. The molecule has 7 unspecified atom stereocenters. The molecule has 7 atom stereocenters. The highest BCUT2D eigenvalue weighted by Gasteiger charge is 2.44. The van der Waals surface area contributed by atoms with Gasteiger partial charge >= 0.3 is 5.97 Å². The average molecular weight is 316 g/mol. The standard InChI is InChI=1S/C15H25FN2O4/c16-10-5-2-6-11(19)12(10)14-17-13(18-22-14)8-3-1-4-9(7-8)15(20)21/h8-14,17-19H,1-7H2,(H,20,21). The molecular formula is C15H25FN2O4. The Morgan fingerprint density at radius 1 is 1.18 bits per heavy atom. The Morgan fingerprint density at radius 3 is 2.68 bits per heavy atom. The molecular weight excluding hydrogens is 291 g/mol. The van der Waals surface area contributed by atoms with E-state index >= 15 is 0 Å². The summed E-state index contributed by atoms with van der Waals surface area (Å²) in [4.78, 5) is 16.6. The third kappa shape index (κ3) is 3.27. The summed E-state index contributed by atoms with van der Waals surface area (Å²) in [5.41, 5.74) is 2.89. The lowest BCUT2D eigenvalue weighted by molar-refractivity contribution is -0.143. The Bertz CT molecular complexity index is 401. The summed E-state index contributed by atoms with van der Waals surface area (Å²) in [6, 6.07) is 0. The van der Waals surface area contributed by atoms with Crippen molar-refractivity contribution < 1.29 is 24.2 Å². The van der Waals surface area contributed by atoms with Gasteiger partial charge in [0.1, 0.15) is 12.4 Å². The Labute approximate surface area is 129 Å². The summed E-state index contributed by atoms with van der Waals surface area (Å²) in [6.45, 7) is 0. The first-order valence-electron chi connectivity index (χ1n) is 8.28. The van der Waals surface area contributed by atoms with E-state index < -0.39 is 30.4 Å². The maximum absolute atomic E-state index is 14.1. The zero-order chi connectivity index (χ0) is 15.7. The molecule has 0 radical (unpaired) electrons. The molecule has 3 fully saturated rings. The number of nitrogens with one attached hydrogen (secondary N) is 2. The SMILES string of the molecule is O=C(O)C1CCCC(C2NOC(C3C(O)CCCC3F)N2)C1. The lowest BCUT2D eigenvalue weighted by Gasteiger charge is -2.34. The van der Waals surface area contributed by atoms with E-state index in [2.05, 4.69) is 10.8 Å². The second-order valence-corrected chi connectivity index (χ2v) is 6.85. The monoisotopic (exact) mass is 316 g/mol. The molecule has 3 aliphatic rings. The van der Waals surface area contributed by atoms with Crippen molar-refractivity contribution in [3.05, 3.63) is 0 Å². The highest BCUT2D eigenvalue weighted by atomic mass is 19.1. The highest BCUT2D eigenvalue weighted by Crippen LogP contribution is 2.35. The minimum atomic E-state index is -1.07. The maximum atomic E-state index is 14.1. The predicted molar refractivity (Wildman–Crippen MR) is 76.3 cm³/mol. The van der Waals surface area contributed by atoms with Crippen molar-refractivity contribution >= 4 is 5.97 Å². The minimum absolute atomic E-state index is 0.152. The van der Waals surface area contributed by atoms with Gasteiger partial charge in [-0.1, -0.05) is 6.42 Å². The normalized spacial score (nSPS) is 46.5. The number of carboxylic acids is 1. The van der Waals surface area contributed by atoms with E-state index in [-0.39, 0.29) is 18.0 Å².